The van der Waals surface area contributed by atoms with E-state index in [-0.39, 0.29) is 0 Å². The summed E-state index contributed by atoms with van der Waals surface area (Å²) in [7, 11) is 0. The Morgan fingerprint density at radius 2 is 1.86 bits per heavy atom. The highest BCUT2D eigenvalue weighted by Crippen LogP contribution is 2.40. The Kier molecular flexibility index (Phi) is 3.66. The summed E-state index contributed by atoms with van der Waals surface area (Å²) in [6.45, 7) is 10.1. The summed E-state index contributed by atoms with van der Waals surface area (Å²) in [6.07, 6.45) is 1.82. The number of aromatic nitrogens is 2. The Morgan fingerprint density at radius 1 is 1.05 bits per heavy atom. The van der Waals surface area contributed by atoms with Crippen molar-refractivity contribution in [2.75, 3.05) is 11.4 Å². The van der Waals surface area contributed by atoms with Gasteiger partial charge in [0, 0.05) is 24.7 Å². The van der Waals surface area contributed by atoms with Gasteiger partial charge in [0.05, 0.1) is 11.4 Å². The van der Waals surface area contributed by atoms with Gasteiger partial charge in [-0.1, -0.05) is 26.0 Å². The van der Waals surface area contributed by atoms with E-state index in [1.54, 1.807) is 0 Å². The van der Waals surface area contributed by atoms with Crippen molar-refractivity contribution in [1.29, 1.82) is 0 Å². The van der Waals surface area contributed by atoms with E-state index in [9.17, 15) is 0 Å². The number of hydrogen-bond acceptors (Lipinski definition) is 3. The molecule has 0 N–H and O–H groups in total. The first-order valence-corrected chi connectivity index (χ1v) is 7.77. The third kappa shape index (κ3) is 2.53. The highest BCUT2D eigenvalue weighted by atomic mass is 15.2. The second kappa shape index (κ2) is 5.47. The molecule has 21 heavy (non-hydrogen) atoms. The molecule has 3 nitrogen and oxygen atoms in total. The fraction of sp³-hybridized carbons (Fsp3) is 0.444. The smallest absolute Gasteiger partial charge is 0.133 e. The number of fused-ring (bicyclic) bond motifs is 1. The van der Waals surface area contributed by atoms with Crippen LogP contribution in [0, 0.1) is 5.92 Å². The van der Waals surface area contributed by atoms with Crippen LogP contribution in [0.2, 0.25) is 0 Å². The van der Waals surface area contributed by atoms with Gasteiger partial charge in [-0.3, -0.25) is 4.98 Å². The highest BCUT2D eigenvalue weighted by molar-refractivity contribution is 5.63. The summed E-state index contributed by atoms with van der Waals surface area (Å²) in [4.78, 5) is 11.8. The van der Waals surface area contributed by atoms with Gasteiger partial charge in [0.25, 0.3) is 0 Å². The number of hydrogen-bond donors (Lipinski definition) is 0. The molecule has 0 saturated heterocycles. The lowest BCUT2D eigenvalue weighted by Gasteiger charge is -2.24. The van der Waals surface area contributed by atoms with E-state index < -0.39 is 0 Å². The van der Waals surface area contributed by atoms with Crippen LogP contribution >= 0.6 is 0 Å². The minimum atomic E-state index is 0.471. The molecule has 2 aromatic heterocycles. The van der Waals surface area contributed by atoms with Crippen LogP contribution in [0.25, 0.3) is 11.4 Å². The number of nitrogens with zero attached hydrogens (tertiary/aromatic N) is 3. The Bertz CT molecular complexity index is 620. The zero-order valence-electron chi connectivity index (χ0n) is 13.2. The topological polar surface area (TPSA) is 29.0 Å². The number of anilines is 1. The van der Waals surface area contributed by atoms with Crippen molar-refractivity contribution in [3.8, 4) is 11.4 Å². The summed E-state index contributed by atoms with van der Waals surface area (Å²) in [6, 6.07) is 10.8. The molecule has 1 aliphatic rings. The van der Waals surface area contributed by atoms with Crippen LogP contribution in [0.3, 0.4) is 0 Å². The van der Waals surface area contributed by atoms with E-state index in [1.165, 1.54) is 5.56 Å². The quantitative estimate of drug-likeness (QED) is 0.847. The van der Waals surface area contributed by atoms with Gasteiger partial charge < -0.3 is 4.90 Å². The molecule has 3 heterocycles. The van der Waals surface area contributed by atoms with Crippen molar-refractivity contribution in [3.05, 3.63) is 42.1 Å². The van der Waals surface area contributed by atoms with E-state index in [0.717, 1.165) is 23.8 Å². The molecular formula is C18H23N3. The van der Waals surface area contributed by atoms with Crippen molar-refractivity contribution in [2.24, 2.45) is 5.92 Å². The van der Waals surface area contributed by atoms with E-state index in [1.807, 2.05) is 24.4 Å². The van der Waals surface area contributed by atoms with Crippen molar-refractivity contribution in [1.82, 2.24) is 9.97 Å². The monoisotopic (exact) mass is 281 g/mol. The normalized spacial score (nSPS) is 17.6. The molecule has 2 aromatic rings. The fourth-order valence-electron chi connectivity index (χ4n) is 3.06. The molecule has 0 amide bonds. The zero-order chi connectivity index (χ0) is 15.0. The molecule has 1 atom stereocenters. The minimum absolute atomic E-state index is 0.471. The highest BCUT2D eigenvalue weighted by Gasteiger charge is 2.33. The minimum Gasteiger partial charge on any atom is -0.353 e. The van der Waals surface area contributed by atoms with Crippen molar-refractivity contribution in [2.45, 2.75) is 39.7 Å². The maximum atomic E-state index is 4.92. The average molecular weight is 281 g/mol. The van der Waals surface area contributed by atoms with E-state index in [0.29, 0.717) is 17.9 Å². The van der Waals surface area contributed by atoms with Crippen LogP contribution in [0.15, 0.2) is 36.5 Å². The van der Waals surface area contributed by atoms with Crippen LogP contribution in [-0.2, 0) is 0 Å². The van der Waals surface area contributed by atoms with Crippen LogP contribution in [0.1, 0.15) is 39.2 Å². The van der Waals surface area contributed by atoms with Crippen LogP contribution in [-0.4, -0.2) is 22.6 Å². The number of rotatable bonds is 3. The van der Waals surface area contributed by atoms with Crippen LogP contribution in [0.5, 0.6) is 0 Å². The molecule has 3 heteroatoms. The standard InChI is InChI=1S/C18H23N3/c1-12(2)15-11-21(13(3)4)18-14(15)8-9-17(20-18)16-7-5-6-10-19-16/h5-10,12-13,15H,11H2,1-4H3. The van der Waals surface area contributed by atoms with E-state index >= 15 is 0 Å². The third-order valence-corrected chi connectivity index (χ3v) is 4.33. The molecule has 0 bridgehead atoms. The molecule has 1 unspecified atom stereocenters. The molecule has 0 saturated carbocycles. The van der Waals surface area contributed by atoms with Gasteiger partial charge in [0.15, 0.2) is 0 Å². The molecule has 0 spiro atoms. The first kappa shape index (κ1) is 14.1. The predicted molar refractivity (Wildman–Crippen MR) is 87.5 cm³/mol. The lowest BCUT2D eigenvalue weighted by atomic mass is 9.91. The molecule has 0 aliphatic carbocycles. The second-order valence-electron chi connectivity index (χ2n) is 6.42. The van der Waals surface area contributed by atoms with E-state index in [4.69, 9.17) is 4.98 Å². The molecule has 110 valence electrons. The van der Waals surface area contributed by atoms with Gasteiger partial charge in [0.1, 0.15) is 5.82 Å². The van der Waals surface area contributed by atoms with Gasteiger partial charge in [-0.2, -0.15) is 0 Å². The van der Waals surface area contributed by atoms with Gasteiger partial charge in [-0.15, -0.1) is 0 Å². The van der Waals surface area contributed by atoms with Crippen molar-refractivity contribution in [3.63, 3.8) is 0 Å². The average Bonchev–Trinajstić information content (AvgIpc) is 2.87. The molecular weight excluding hydrogens is 258 g/mol. The van der Waals surface area contributed by atoms with Crippen LogP contribution < -0.4 is 4.90 Å². The summed E-state index contributed by atoms with van der Waals surface area (Å²) >= 11 is 0. The van der Waals surface area contributed by atoms with Gasteiger partial charge in [0.2, 0.25) is 0 Å². The van der Waals surface area contributed by atoms with Crippen molar-refractivity contribution >= 4 is 5.82 Å². The molecule has 0 aromatic carbocycles. The summed E-state index contributed by atoms with van der Waals surface area (Å²) < 4.78 is 0. The summed E-state index contributed by atoms with van der Waals surface area (Å²) in [5.41, 5.74) is 3.29. The first-order valence-electron chi connectivity index (χ1n) is 7.77. The van der Waals surface area contributed by atoms with Gasteiger partial charge in [-0.05, 0) is 43.5 Å². The predicted octanol–water partition coefficient (Wildman–Crippen LogP) is 4.11. The maximum Gasteiger partial charge on any atom is 0.133 e. The maximum absolute atomic E-state index is 4.92. The first-order chi connectivity index (χ1) is 10.1. The van der Waals surface area contributed by atoms with Crippen LogP contribution in [0.4, 0.5) is 5.82 Å². The largest absolute Gasteiger partial charge is 0.353 e. The Labute approximate surface area is 127 Å². The molecule has 1 aliphatic heterocycles. The zero-order valence-corrected chi connectivity index (χ0v) is 13.2. The SMILES string of the molecule is CC(C)C1CN(C(C)C)c2nc(-c3ccccn3)ccc21. The van der Waals surface area contributed by atoms with E-state index in [2.05, 4.69) is 49.7 Å². The molecule has 3 rings (SSSR count). The summed E-state index contributed by atoms with van der Waals surface area (Å²) in [5, 5.41) is 0. The molecule has 0 fully saturated rings. The Hall–Kier alpha value is -1.90. The van der Waals surface area contributed by atoms with Crippen molar-refractivity contribution < 1.29 is 0 Å². The lowest BCUT2D eigenvalue weighted by Crippen LogP contribution is -2.30. The Morgan fingerprint density at radius 3 is 2.48 bits per heavy atom. The molecule has 0 radical (unpaired) electrons. The number of pyridine rings is 2. The fourth-order valence-corrected chi connectivity index (χ4v) is 3.06. The summed E-state index contributed by atoms with van der Waals surface area (Å²) in [5.74, 6) is 2.36. The third-order valence-electron chi connectivity index (χ3n) is 4.33. The van der Waals surface area contributed by atoms with Gasteiger partial charge in [-0.25, -0.2) is 4.98 Å². The second-order valence-corrected chi connectivity index (χ2v) is 6.42. The lowest BCUT2D eigenvalue weighted by molar-refractivity contribution is 0.504. The Balaban J connectivity index is 2.06. The van der Waals surface area contributed by atoms with Gasteiger partial charge >= 0.3 is 0 Å².